The predicted molar refractivity (Wildman–Crippen MR) is 240 cm³/mol. The van der Waals surface area contributed by atoms with Gasteiger partial charge in [-0.25, -0.2) is 0 Å². The molecule has 3 N–H and O–H groups in total. The molecule has 14 nitrogen and oxygen atoms in total. The van der Waals surface area contributed by atoms with Crippen molar-refractivity contribution in [1.29, 1.82) is 5.26 Å². The van der Waals surface area contributed by atoms with E-state index in [-0.39, 0.29) is 58.4 Å². The quantitative estimate of drug-likeness (QED) is 0.183. The smallest absolute Gasteiger partial charge is 0.255 e. The minimum Gasteiger partial charge on any atom is -0.493 e. The van der Waals surface area contributed by atoms with E-state index in [1.165, 1.54) is 6.07 Å². The number of aromatic amines is 1. The monoisotopic (exact) mass is 852 g/mol. The summed E-state index contributed by atoms with van der Waals surface area (Å²) in [6.45, 7) is 16.3. The third-order valence-corrected chi connectivity index (χ3v) is 14.8. The highest BCUT2D eigenvalue weighted by Crippen LogP contribution is 2.59. The molecule has 14 heteroatoms. The second kappa shape index (κ2) is 16.5. The van der Waals surface area contributed by atoms with Crippen LogP contribution in [0, 0.1) is 34.0 Å². The second-order valence-corrected chi connectivity index (χ2v) is 19.3. The highest BCUT2D eigenvalue weighted by Gasteiger charge is 2.62. The first-order valence-corrected chi connectivity index (χ1v) is 22.3. The largest absolute Gasteiger partial charge is 0.493 e. The van der Waals surface area contributed by atoms with Crippen molar-refractivity contribution in [3.05, 3.63) is 99.3 Å². The number of fused-ring (bicyclic) bond motifs is 2. The molecule has 0 bridgehead atoms. The fraction of sp³-hybridized carbons (Fsp3) is 0.469. The normalized spacial score (nSPS) is 23.5. The maximum Gasteiger partial charge on any atom is 0.255 e. The lowest BCUT2D eigenvalue weighted by Crippen LogP contribution is -2.71. The SMILES string of the molecule is CC1(C)C(COc2ccc(C#N)c3[nH]c(=O)ccc23)C(C)(C)C1NC(=O)c1ccc(N2CCC(CN3CCN(c4ccc5c(c4)CN([C@H]4CCC(=O)NC4=O)C5=O)CC3)CC2)cc1. The Kier molecular flexibility index (Phi) is 11.0. The molecule has 0 spiro atoms. The zero-order valence-electron chi connectivity index (χ0n) is 36.5. The Morgan fingerprint density at radius 1 is 0.841 bits per heavy atom. The molecular formula is C49H56N8O6. The van der Waals surface area contributed by atoms with Crippen molar-refractivity contribution in [2.75, 3.05) is 62.2 Å². The van der Waals surface area contributed by atoms with Gasteiger partial charge in [-0.1, -0.05) is 27.7 Å². The summed E-state index contributed by atoms with van der Waals surface area (Å²) in [5.41, 5.74) is 4.55. The van der Waals surface area contributed by atoms with Gasteiger partial charge in [0.25, 0.3) is 11.8 Å². The van der Waals surface area contributed by atoms with Crippen LogP contribution in [0.4, 0.5) is 11.4 Å². The van der Waals surface area contributed by atoms with Crippen molar-refractivity contribution in [3.63, 3.8) is 0 Å². The third kappa shape index (κ3) is 7.92. The highest BCUT2D eigenvalue weighted by molar-refractivity contribution is 6.05. The molecular weight excluding hydrogens is 797 g/mol. The van der Waals surface area contributed by atoms with E-state index in [4.69, 9.17) is 4.74 Å². The molecule has 63 heavy (non-hydrogen) atoms. The number of nitriles is 1. The first-order chi connectivity index (χ1) is 30.2. The first-order valence-electron chi connectivity index (χ1n) is 22.3. The van der Waals surface area contributed by atoms with E-state index < -0.39 is 6.04 Å². The second-order valence-electron chi connectivity index (χ2n) is 19.3. The van der Waals surface area contributed by atoms with Gasteiger partial charge in [-0.05, 0) is 102 Å². The Hall–Kier alpha value is -6.20. The number of nitrogens with zero attached hydrogens (tertiary/aromatic N) is 5. The summed E-state index contributed by atoms with van der Waals surface area (Å²) in [4.78, 5) is 74.7. The van der Waals surface area contributed by atoms with E-state index in [0.29, 0.717) is 58.8 Å². The Morgan fingerprint density at radius 2 is 1.54 bits per heavy atom. The van der Waals surface area contributed by atoms with Crippen LogP contribution in [0.2, 0.25) is 0 Å². The number of amides is 4. The number of hydrogen-bond donors (Lipinski definition) is 3. The van der Waals surface area contributed by atoms with Crippen LogP contribution in [0.5, 0.6) is 5.75 Å². The van der Waals surface area contributed by atoms with Crippen LogP contribution in [0.3, 0.4) is 0 Å². The molecule has 5 aliphatic rings. The van der Waals surface area contributed by atoms with E-state index in [1.54, 1.807) is 23.1 Å². The van der Waals surface area contributed by atoms with Gasteiger partial charge in [0.2, 0.25) is 17.4 Å². The van der Waals surface area contributed by atoms with Gasteiger partial charge in [0.1, 0.15) is 17.9 Å². The summed E-state index contributed by atoms with van der Waals surface area (Å²) >= 11 is 0. The minimum atomic E-state index is -0.607. The molecule has 1 aromatic heterocycles. The zero-order valence-corrected chi connectivity index (χ0v) is 36.5. The molecule has 1 atom stereocenters. The third-order valence-electron chi connectivity index (χ3n) is 14.8. The van der Waals surface area contributed by atoms with Gasteiger partial charge in [0.15, 0.2) is 0 Å². The van der Waals surface area contributed by atoms with Gasteiger partial charge in [0, 0.05) is 105 Å². The van der Waals surface area contributed by atoms with Crippen LogP contribution in [0.1, 0.15) is 85.2 Å². The fourth-order valence-electron chi connectivity index (χ4n) is 11.4. The van der Waals surface area contributed by atoms with Gasteiger partial charge in [-0.15, -0.1) is 0 Å². The maximum atomic E-state index is 13.7. The first kappa shape index (κ1) is 42.1. The van der Waals surface area contributed by atoms with Gasteiger partial charge in [-0.2, -0.15) is 5.26 Å². The van der Waals surface area contributed by atoms with Crippen molar-refractivity contribution < 1.29 is 23.9 Å². The summed E-state index contributed by atoms with van der Waals surface area (Å²) in [6, 6.07) is 22.0. The van der Waals surface area contributed by atoms with E-state index in [2.05, 4.69) is 82.3 Å². The van der Waals surface area contributed by atoms with E-state index >= 15 is 0 Å². The molecule has 0 unspecified atom stereocenters. The number of carbonyl (C=O) groups is 4. The molecule has 3 saturated heterocycles. The molecule has 3 aromatic carbocycles. The summed E-state index contributed by atoms with van der Waals surface area (Å²) in [6.07, 6.45) is 2.84. The highest BCUT2D eigenvalue weighted by atomic mass is 16.5. The lowest BCUT2D eigenvalue weighted by molar-refractivity contribution is -0.137. The zero-order chi connectivity index (χ0) is 44.2. The lowest BCUT2D eigenvalue weighted by Gasteiger charge is -2.64. The van der Waals surface area contributed by atoms with Crippen molar-refractivity contribution in [1.82, 2.24) is 25.4 Å². The number of rotatable bonds is 10. The number of piperidine rings is 2. The van der Waals surface area contributed by atoms with Crippen molar-refractivity contribution in [3.8, 4) is 11.8 Å². The van der Waals surface area contributed by atoms with E-state index in [9.17, 15) is 29.2 Å². The van der Waals surface area contributed by atoms with Crippen molar-refractivity contribution in [2.45, 2.75) is 72.0 Å². The van der Waals surface area contributed by atoms with E-state index in [0.717, 1.165) is 75.6 Å². The summed E-state index contributed by atoms with van der Waals surface area (Å²) in [5, 5.41) is 16.0. The molecule has 9 rings (SSSR count). The molecule has 4 fully saturated rings. The van der Waals surface area contributed by atoms with Crippen LogP contribution in [0.15, 0.2) is 71.5 Å². The number of imide groups is 1. The standard InChI is InChI=1S/C49H56N8O6/c1-48(2)40(29-63-39-14-7-32(26-50)43-37(39)12-15-41(58)51-43)49(3,4)47(48)53-44(60)31-5-8-34(9-6-31)55-19-17-30(18-20-55)27-54-21-23-56(24-22-54)35-10-11-36-33(25-35)28-57(46(36)62)38-13-16-42(59)52-45(38)61/h5-12,14-15,25,30,38,40,47H,13,16-24,27-29H2,1-4H3,(H,51,58)(H,53,60)(H,52,59,61)/t38-,40?,47?/m0/s1. The number of pyridine rings is 1. The molecule has 4 aromatic rings. The molecule has 0 radical (unpaired) electrons. The molecule has 328 valence electrons. The number of aromatic nitrogens is 1. The van der Waals surface area contributed by atoms with Crippen LogP contribution in [-0.4, -0.2) is 103 Å². The number of anilines is 2. The average molecular weight is 853 g/mol. The van der Waals surface area contributed by atoms with Gasteiger partial charge >= 0.3 is 0 Å². The molecule has 1 saturated carbocycles. The predicted octanol–water partition coefficient (Wildman–Crippen LogP) is 5.06. The maximum absolute atomic E-state index is 13.7. The number of benzene rings is 3. The molecule has 5 heterocycles. The number of piperazine rings is 1. The fourth-order valence-corrected chi connectivity index (χ4v) is 11.4. The lowest BCUT2D eigenvalue weighted by atomic mass is 9.44. The molecule has 4 aliphatic heterocycles. The number of nitrogens with one attached hydrogen (secondary N) is 3. The van der Waals surface area contributed by atoms with Gasteiger partial charge < -0.3 is 29.7 Å². The number of ether oxygens (including phenoxy) is 1. The molecule has 4 amide bonds. The van der Waals surface area contributed by atoms with Gasteiger partial charge in [-0.3, -0.25) is 34.2 Å². The van der Waals surface area contributed by atoms with Crippen molar-refractivity contribution in [2.24, 2.45) is 22.7 Å². The average Bonchev–Trinajstić information content (AvgIpc) is 3.60. The molecule has 1 aliphatic carbocycles. The Morgan fingerprint density at radius 3 is 2.24 bits per heavy atom. The summed E-state index contributed by atoms with van der Waals surface area (Å²) < 4.78 is 6.36. The summed E-state index contributed by atoms with van der Waals surface area (Å²) in [7, 11) is 0. The minimum absolute atomic E-state index is 0.0761. The number of hydrogen-bond acceptors (Lipinski definition) is 10. The van der Waals surface area contributed by atoms with Crippen molar-refractivity contribution >= 4 is 45.9 Å². The summed E-state index contributed by atoms with van der Waals surface area (Å²) in [5.74, 6) is 0.464. The van der Waals surface area contributed by atoms with E-state index in [1.807, 2.05) is 24.3 Å². The number of carbonyl (C=O) groups excluding carboxylic acids is 4. The van der Waals surface area contributed by atoms with Gasteiger partial charge in [0.05, 0.1) is 17.7 Å². The Bertz CT molecular complexity index is 2550. The topological polar surface area (TPSA) is 171 Å². The van der Waals surface area contributed by atoms with Crippen LogP contribution in [-0.2, 0) is 16.1 Å². The van der Waals surface area contributed by atoms with Crippen LogP contribution < -0.4 is 30.7 Å². The van der Waals surface area contributed by atoms with Crippen LogP contribution >= 0.6 is 0 Å². The Labute approximate surface area is 367 Å². The number of H-pyrrole nitrogens is 1. The Balaban J connectivity index is 0.725. The van der Waals surface area contributed by atoms with Crippen LogP contribution in [0.25, 0.3) is 10.9 Å².